The molecule has 5 aromatic heterocycles. The zero-order valence-corrected chi connectivity index (χ0v) is 27.7. The van der Waals surface area contributed by atoms with Crippen LogP contribution in [-0.4, -0.2) is 9.97 Å². The van der Waals surface area contributed by atoms with Gasteiger partial charge in [0.15, 0.2) is 0 Å². The summed E-state index contributed by atoms with van der Waals surface area (Å²) in [4.78, 5) is 15.7. The van der Waals surface area contributed by atoms with Crippen molar-refractivity contribution in [2.24, 2.45) is 0 Å². The van der Waals surface area contributed by atoms with E-state index in [9.17, 15) is 0 Å². The topological polar surface area (TPSA) is 25.8 Å². The molecule has 2 aromatic carbocycles. The van der Waals surface area contributed by atoms with Crippen molar-refractivity contribution in [1.29, 1.82) is 0 Å². The maximum atomic E-state index is 5.07. The minimum atomic E-state index is 1.12. The predicted molar refractivity (Wildman–Crippen MR) is 188 cm³/mol. The highest BCUT2D eigenvalue weighted by Gasteiger charge is 2.16. The third-order valence-electron chi connectivity index (χ3n) is 7.79. The summed E-state index contributed by atoms with van der Waals surface area (Å²) in [6.45, 7) is 4.55. The van der Waals surface area contributed by atoms with Gasteiger partial charge in [0.25, 0.3) is 0 Å². The number of unbranched alkanes of at least 4 members (excludes halogenated alkanes) is 6. The molecular weight excluding hydrogens is 597 g/mol. The quantitative estimate of drug-likeness (QED) is 0.126. The van der Waals surface area contributed by atoms with E-state index in [1.165, 1.54) is 113 Å². The SMILES string of the molecule is CCCCCCc1ccc(-c2nc3cc4sc5cc6nc(-c7ccc(CCCCCC)s7)sc6cc5c4cc3s2)s1. The molecule has 0 unspecified atom stereocenters. The lowest BCUT2D eigenvalue weighted by molar-refractivity contribution is 0.670. The van der Waals surface area contributed by atoms with Crippen LogP contribution in [0.4, 0.5) is 0 Å². The molecule has 7 aromatic rings. The Morgan fingerprint density at radius 1 is 0.488 bits per heavy atom. The van der Waals surface area contributed by atoms with Crippen LogP contribution in [0.5, 0.6) is 0 Å². The largest absolute Gasteiger partial charge is 0.235 e. The van der Waals surface area contributed by atoms with Crippen molar-refractivity contribution in [1.82, 2.24) is 9.97 Å². The van der Waals surface area contributed by atoms with Crippen LogP contribution in [0.25, 0.3) is 60.4 Å². The first-order valence-corrected chi connectivity index (χ1v) is 19.0. The number of hydrogen-bond acceptors (Lipinski definition) is 7. The van der Waals surface area contributed by atoms with Crippen molar-refractivity contribution in [3.05, 3.63) is 58.3 Å². The van der Waals surface area contributed by atoms with Crippen molar-refractivity contribution in [3.63, 3.8) is 0 Å². The number of aryl methyl sites for hydroxylation is 2. The molecule has 5 heterocycles. The first-order chi connectivity index (χ1) is 20.2. The van der Waals surface area contributed by atoms with Gasteiger partial charge in [-0.15, -0.1) is 56.7 Å². The number of hydrogen-bond donors (Lipinski definition) is 0. The third kappa shape index (κ3) is 5.76. The Kier molecular flexibility index (Phi) is 8.24. The number of thiophene rings is 3. The number of rotatable bonds is 12. The molecule has 7 rings (SSSR count). The highest BCUT2D eigenvalue weighted by atomic mass is 32.1. The van der Waals surface area contributed by atoms with Gasteiger partial charge < -0.3 is 0 Å². The molecule has 0 aliphatic heterocycles. The minimum Gasteiger partial charge on any atom is -0.235 e. The first kappa shape index (κ1) is 27.7. The smallest absolute Gasteiger partial charge is 0.134 e. The average Bonchev–Trinajstić information content (AvgIpc) is 3.80. The van der Waals surface area contributed by atoms with Gasteiger partial charge in [-0.25, -0.2) is 9.97 Å². The molecule has 0 aliphatic carbocycles. The summed E-state index contributed by atoms with van der Waals surface area (Å²) in [5, 5.41) is 5.00. The Hall–Kier alpha value is -2.16. The van der Waals surface area contributed by atoms with E-state index in [1.54, 1.807) is 0 Å². The standard InChI is InChI=1S/C34H34N2S5/c1-3-5-7-9-11-21-13-15-27(37-21)33-35-25-19-29-23(17-31(25)40-33)24-18-32-26(20-30(24)39-29)36-34(41-32)28-16-14-22(38-28)12-10-8-6-4-2/h13-20H,3-12H2,1-2H3. The molecule has 7 heteroatoms. The van der Waals surface area contributed by atoms with Gasteiger partial charge in [0.05, 0.1) is 30.2 Å². The van der Waals surface area contributed by atoms with Gasteiger partial charge in [0.2, 0.25) is 0 Å². The van der Waals surface area contributed by atoms with Crippen LogP contribution in [0.1, 0.15) is 75.0 Å². The van der Waals surface area contributed by atoms with Crippen LogP contribution in [0.3, 0.4) is 0 Å². The van der Waals surface area contributed by atoms with Crippen LogP contribution in [-0.2, 0) is 12.8 Å². The number of nitrogens with zero attached hydrogens (tertiary/aromatic N) is 2. The van der Waals surface area contributed by atoms with Gasteiger partial charge in [0, 0.05) is 29.9 Å². The summed E-state index contributed by atoms with van der Waals surface area (Å²) in [6, 6.07) is 18.5. The maximum absolute atomic E-state index is 5.07. The van der Waals surface area contributed by atoms with Crippen LogP contribution < -0.4 is 0 Å². The van der Waals surface area contributed by atoms with Crippen molar-refractivity contribution < 1.29 is 0 Å². The van der Waals surface area contributed by atoms with Crippen molar-refractivity contribution in [2.45, 2.75) is 78.1 Å². The fraction of sp³-hybridized carbons (Fsp3) is 0.353. The van der Waals surface area contributed by atoms with Crippen LogP contribution in [0, 0.1) is 0 Å². The van der Waals surface area contributed by atoms with Crippen LogP contribution >= 0.6 is 56.7 Å². The summed E-state index contributed by atoms with van der Waals surface area (Å²) in [5.74, 6) is 0. The summed E-state index contributed by atoms with van der Waals surface area (Å²) >= 11 is 9.38. The monoisotopic (exact) mass is 630 g/mol. The summed E-state index contributed by atoms with van der Waals surface area (Å²) < 4.78 is 5.19. The van der Waals surface area contributed by atoms with E-state index in [0.717, 1.165) is 21.0 Å². The number of benzene rings is 2. The molecule has 41 heavy (non-hydrogen) atoms. The Morgan fingerprint density at radius 2 is 0.976 bits per heavy atom. The minimum absolute atomic E-state index is 1.12. The lowest BCUT2D eigenvalue weighted by atomic mass is 10.1. The van der Waals surface area contributed by atoms with Crippen molar-refractivity contribution >= 4 is 97.3 Å². The zero-order chi connectivity index (χ0) is 27.8. The molecule has 0 amide bonds. The van der Waals surface area contributed by atoms with E-state index in [0.29, 0.717) is 0 Å². The van der Waals surface area contributed by atoms with E-state index in [-0.39, 0.29) is 0 Å². The summed E-state index contributed by atoms with van der Waals surface area (Å²) in [7, 11) is 0. The Labute approximate surface area is 261 Å². The maximum Gasteiger partial charge on any atom is 0.134 e. The van der Waals surface area contributed by atoms with Gasteiger partial charge >= 0.3 is 0 Å². The second-order valence-corrected chi connectivity index (χ2v) is 16.4. The third-order valence-corrected chi connectivity index (χ3v) is 13.6. The van der Waals surface area contributed by atoms with E-state index in [2.05, 4.69) is 62.4 Å². The first-order valence-electron chi connectivity index (χ1n) is 14.9. The number of aromatic nitrogens is 2. The molecule has 0 saturated heterocycles. The van der Waals surface area contributed by atoms with Crippen LogP contribution in [0.2, 0.25) is 0 Å². The molecule has 0 radical (unpaired) electrons. The van der Waals surface area contributed by atoms with Gasteiger partial charge in [-0.3, -0.25) is 0 Å². The highest BCUT2D eigenvalue weighted by Crippen LogP contribution is 2.43. The average molecular weight is 631 g/mol. The molecule has 0 fully saturated rings. The van der Waals surface area contributed by atoms with Crippen LogP contribution in [0.15, 0.2) is 48.5 Å². The summed E-state index contributed by atoms with van der Waals surface area (Å²) in [6.07, 6.45) is 12.9. The molecule has 0 atom stereocenters. The molecule has 210 valence electrons. The fourth-order valence-electron chi connectivity index (χ4n) is 5.53. The number of thiazole rings is 2. The van der Waals surface area contributed by atoms with Gasteiger partial charge in [-0.2, -0.15) is 0 Å². The molecule has 0 saturated carbocycles. The van der Waals surface area contributed by atoms with E-state index in [4.69, 9.17) is 9.97 Å². The molecule has 0 spiro atoms. The molecule has 0 N–H and O–H groups in total. The zero-order valence-electron chi connectivity index (χ0n) is 23.6. The highest BCUT2D eigenvalue weighted by molar-refractivity contribution is 7.28. The molecule has 2 nitrogen and oxygen atoms in total. The second-order valence-electron chi connectivity index (χ2n) is 10.9. The molecule has 0 bridgehead atoms. The Morgan fingerprint density at radius 3 is 1.44 bits per heavy atom. The normalized spacial score (nSPS) is 12.1. The second kappa shape index (κ2) is 12.2. The van der Waals surface area contributed by atoms with E-state index < -0.39 is 0 Å². The number of fused-ring (bicyclic) bond motifs is 5. The van der Waals surface area contributed by atoms with E-state index in [1.807, 2.05) is 56.7 Å². The fourth-order valence-corrected chi connectivity index (χ4v) is 10.9. The van der Waals surface area contributed by atoms with Gasteiger partial charge in [0.1, 0.15) is 10.0 Å². The lowest BCUT2D eigenvalue weighted by Crippen LogP contribution is -1.80. The van der Waals surface area contributed by atoms with Crippen molar-refractivity contribution in [2.75, 3.05) is 0 Å². The predicted octanol–water partition coefficient (Wildman–Crippen LogP) is 13.0. The van der Waals surface area contributed by atoms with E-state index >= 15 is 0 Å². The molecule has 0 aliphatic rings. The summed E-state index contributed by atoms with van der Waals surface area (Å²) in [5.41, 5.74) is 2.24. The lowest BCUT2D eigenvalue weighted by Gasteiger charge is -1.96. The Bertz CT molecular complexity index is 1810. The Balaban J connectivity index is 1.16. The van der Waals surface area contributed by atoms with Gasteiger partial charge in [-0.1, -0.05) is 52.4 Å². The molecular formula is C34H34N2S5. The van der Waals surface area contributed by atoms with Crippen molar-refractivity contribution in [3.8, 4) is 19.8 Å². The van der Waals surface area contributed by atoms with Gasteiger partial charge in [-0.05, 0) is 74.2 Å².